The number of rotatable bonds is 2. The fourth-order valence-electron chi connectivity index (χ4n) is 3.40. The van der Waals surface area contributed by atoms with E-state index in [9.17, 15) is 18.0 Å². The van der Waals surface area contributed by atoms with E-state index in [1.807, 2.05) is 6.07 Å². The van der Waals surface area contributed by atoms with Crippen molar-refractivity contribution in [2.75, 3.05) is 19.6 Å². The van der Waals surface area contributed by atoms with Crippen LogP contribution in [0.1, 0.15) is 31.0 Å². The number of amides is 1. The Labute approximate surface area is 120 Å². The number of aromatic amines is 1. The molecule has 3 rings (SSSR count). The van der Waals surface area contributed by atoms with Gasteiger partial charge in [-0.3, -0.25) is 4.79 Å². The number of aromatic nitrogens is 1. The van der Waals surface area contributed by atoms with Crippen molar-refractivity contribution in [3.8, 4) is 0 Å². The molecule has 3 heterocycles. The van der Waals surface area contributed by atoms with Gasteiger partial charge in [-0.05, 0) is 37.9 Å². The second-order valence-electron chi connectivity index (χ2n) is 5.79. The number of nitrogens with one attached hydrogen (secondary N) is 2. The van der Waals surface area contributed by atoms with Gasteiger partial charge < -0.3 is 15.2 Å². The molecule has 116 valence electrons. The van der Waals surface area contributed by atoms with Gasteiger partial charge in [0.05, 0.1) is 6.04 Å². The predicted molar refractivity (Wildman–Crippen MR) is 70.5 cm³/mol. The summed E-state index contributed by atoms with van der Waals surface area (Å²) in [5, 5.41) is 2.70. The van der Waals surface area contributed by atoms with Crippen LogP contribution in [0.2, 0.25) is 0 Å². The maximum atomic E-state index is 13.5. The first-order valence-corrected chi connectivity index (χ1v) is 7.17. The summed E-state index contributed by atoms with van der Waals surface area (Å²) in [5.41, 5.74) is -1.45. The molecule has 7 heteroatoms. The second-order valence-corrected chi connectivity index (χ2v) is 5.79. The highest BCUT2D eigenvalue weighted by Crippen LogP contribution is 2.46. The third-order valence-corrected chi connectivity index (χ3v) is 4.60. The van der Waals surface area contributed by atoms with Crippen molar-refractivity contribution in [1.82, 2.24) is 15.2 Å². The van der Waals surface area contributed by atoms with Crippen LogP contribution < -0.4 is 5.32 Å². The summed E-state index contributed by atoms with van der Waals surface area (Å²) >= 11 is 0. The van der Waals surface area contributed by atoms with E-state index in [2.05, 4.69) is 10.3 Å². The molecule has 1 aromatic rings. The van der Waals surface area contributed by atoms with Gasteiger partial charge in [0, 0.05) is 25.0 Å². The zero-order valence-corrected chi connectivity index (χ0v) is 11.5. The van der Waals surface area contributed by atoms with Crippen molar-refractivity contribution in [2.24, 2.45) is 5.41 Å². The van der Waals surface area contributed by atoms with Crippen molar-refractivity contribution in [3.63, 3.8) is 0 Å². The standard InChI is InChI=1S/C14H18F3N3O/c15-14(16,17)13(5-7-18-9-13)12(21)20-8-2-4-11(20)10-3-1-6-19-10/h1,3,6,11,18-19H,2,4-5,7-9H2. The minimum absolute atomic E-state index is 0.177. The lowest BCUT2D eigenvalue weighted by Crippen LogP contribution is -2.53. The fraction of sp³-hybridized carbons (Fsp3) is 0.643. The molecule has 2 aliphatic heterocycles. The molecule has 1 aromatic heterocycles. The number of carbonyl (C=O) groups excluding carboxylic acids is 1. The van der Waals surface area contributed by atoms with E-state index in [0.29, 0.717) is 13.0 Å². The summed E-state index contributed by atoms with van der Waals surface area (Å²) in [6.07, 6.45) is -1.53. The van der Waals surface area contributed by atoms with Crippen LogP contribution in [-0.4, -0.2) is 41.6 Å². The van der Waals surface area contributed by atoms with Gasteiger partial charge in [-0.25, -0.2) is 0 Å². The minimum atomic E-state index is -4.52. The van der Waals surface area contributed by atoms with Crippen LogP contribution >= 0.6 is 0 Å². The maximum absolute atomic E-state index is 13.5. The third-order valence-electron chi connectivity index (χ3n) is 4.60. The predicted octanol–water partition coefficient (Wildman–Crippen LogP) is 2.22. The lowest BCUT2D eigenvalue weighted by molar-refractivity contribution is -0.222. The Morgan fingerprint density at radius 1 is 1.43 bits per heavy atom. The van der Waals surface area contributed by atoms with Crippen LogP contribution in [0.3, 0.4) is 0 Å². The number of alkyl halides is 3. The van der Waals surface area contributed by atoms with E-state index in [1.165, 1.54) is 4.90 Å². The molecule has 2 fully saturated rings. The van der Waals surface area contributed by atoms with Crippen LogP contribution in [0.25, 0.3) is 0 Å². The lowest BCUT2D eigenvalue weighted by atomic mass is 9.84. The summed E-state index contributed by atoms with van der Waals surface area (Å²) in [6, 6.07) is 3.35. The van der Waals surface area contributed by atoms with Gasteiger partial charge in [-0.2, -0.15) is 13.2 Å². The normalized spacial score (nSPS) is 30.0. The molecule has 0 spiro atoms. The van der Waals surface area contributed by atoms with E-state index in [1.54, 1.807) is 12.3 Å². The van der Waals surface area contributed by atoms with Crippen LogP contribution in [0, 0.1) is 5.41 Å². The number of hydrogen-bond acceptors (Lipinski definition) is 2. The Hall–Kier alpha value is -1.50. The molecule has 0 aliphatic carbocycles. The zero-order valence-electron chi connectivity index (χ0n) is 11.5. The van der Waals surface area contributed by atoms with Crippen molar-refractivity contribution in [1.29, 1.82) is 0 Å². The first kappa shape index (κ1) is 14.4. The highest BCUT2D eigenvalue weighted by atomic mass is 19.4. The Morgan fingerprint density at radius 3 is 2.81 bits per heavy atom. The molecular weight excluding hydrogens is 283 g/mol. The Kier molecular flexibility index (Phi) is 3.47. The van der Waals surface area contributed by atoms with Gasteiger partial charge in [0.1, 0.15) is 0 Å². The molecule has 21 heavy (non-hydrogen) atoms. The Bertz CT molecular complexity index is 506. The summed E-state index contributed by atoms with van der Waals surface area (Å²) in [4.78, 5) is 17.1. The Morgan fingerprint density at radius 2 is 2.24 bits per heavy atom. The molecule has 0 aromatic carbocycles. The van der Waals surface area contributed by atoms with E-state index < -0.39 is 17.5 Å². The Balaban J connectivity index is 1.89. The van der Waals surface area contributed by atoms with Crippen LogP contribution in [0.5, 0.6) is 0 Å². The molecule has 0 radical (unpaired) electrons. The number of carbonyl (C=O) groups is 1. The van der Waals surface area contributed by atoms with Gasteiger partial charge in [0.2, 0.25) is 5.91 Å². The van der Waals surface area contributed by atoms with E-state index >= 15 is 0 Å². The molecule has 2 aliphatic rings. The van der Waals surface area contributed by atoms with Crippen molar-refractivity contribution < 1.29 is 18.0 Å². The molecule has 0 bridgehead atoms. The first-order chi connectivity index (χ1) is 9.96. The van der Waals surface area contributed by atoms with Crippen LogP contribution in [-0.2, 0) is 4.79 Å². The average Bonchev–Trinajstić information content (AvgIpc) is 3.17. The van der Waals surface area contributed by atoms with Crippen molar-refractivity contribution in [3.05, 3.63) is 24.0 Å². The van der Waals surface area contributed by atoms with Gasteiger partial charge >= 0.3 is 6.18 Å². The van der Waals surface area contributed by atoms with Gasteiger partial charge in [0.25, 0.3) is 0 Å². The number of hydrogen-bond donors (Lipinski definition) is 2. The average molecular weight is 301 g/mol. The molecule has 2 atom stereocenters. The number of H-pyrrole nitrogens is 1. The quantitative estimate of drug-likeness (QED) is 0.880. The van der Waals surface area contributed by atoms with Crippen LogP contribution in [0.4, 0.5) is 13.2 Å². The summed E-state index contributed by atoms with van der Waals surface area (Å²) < 4.78 is 40.5. The molecule has 2 saturated heterocycles. The number of nitrogens with zero attached hydrogens (tertiary/aromatic N) is 1. The molecule has 2 N–H and O–H groups in total. The maximum Gasteiger partial charge on any atom is 0.404 e. The number of halogens is 3. The van der Waals surface area contributed by atoms with Crippen molar-refractivity contribution in [2.45, 2.75) is 31.5 Å². The summed E-state index contributed by atoms with van der Waals surface area (Å²) in [6.45, 7) is 0.301. The topological polar surface area (TPSA) is 48.1 Å². The van der Waals surface area contributed by atoms with Gasteiger partial charge in [-0.15, -0.1) is 0 Å². The van der Waals surface area contributed by atoms with E-state index in [0.717, 1.165) is 12.1 Å². The van der Waals surface area contributed by atoms with E-state index in [4.69, 9.17) is 0 Å². The molecule has 2 unspecified atom stereocenters. The fourth-order valence-corrected chi connectivity index (χ4v) is 3.40. The highest BCUT2D eigenvalue weighted by Gasteiger charge is 2.63. The van der Waals surface area contributed by atoms with Gasteiger partial charge in [0.15, 0.2) is 5.41 Å². The molecule has 1 amide bonds. The summed E-state index contributed by atoms with van der Waals surface area (Å²) in [7, 11) is 0. The summed E-state index contributed by atoms with van der Waals surface area (Å²) in [5.74, 6) is -0.780. The first-order valence-electron chi connectivity index (χ1n) is 7.17. The van der Waals surface area contributed by atoms with E-state index in [-0.39, 0.29) is 25.6 Å². The third kappa shape index (κ3) is 2.23. The highest BCUT2D eigenvalue weighted by molar-refractivity contribution is 5.85. The smallest absolute Gasteiger partial charge is 0.363 e. The van der Waals surface area contributed by atoms with Crippen LogP contribution in [0.15, 0.2) is 18.3 Å². The SMILES string of the molecule is O=C(N1CCCC1c1ccc[nH]1)C1(C(F)(F)F)CCNC1. The van der Waals surface area contributed by atoms with Crippen molar-refractivity contribution >= 4 is 5.91 Å². The molecular formula is C14H18F3N3O. The number of likely N-dealkylation sites (tertiary alicyclic amines) is 1. The minimum Gasteiger partial charge on any atom is -0.363 e. The zero-order chi connectivity index (χ0) is 15.1. The monoisotopic (exact) mass is 301 g/mol. The lowest BCUT2D eigenvalue weighted by Gasteiger charge is -2.36. The van der Waals surface area contributed by atoms with Gasteiger partial charge in [-0.1, -0.05) is 0 Å². The second kappa shape index (κ2) is 5.05. The largest absolute Gasteiger partial charge is 0.404 e. The molecule has 4 nitrogen and oxygen atoms in total. The molecule has 0 saturated carbocycles.